The van der Waals surface area contributed by atoms with Gasteiger partial charge in [0.25, 0.3) is 0 Å². The van der Waals surface area contributed by atoms with E-state index in [1.54, 1.807) is 29.8 Å². The third kappa shape index (κ3) is 8.68. The van der Waals surface area contributed by atoms with E-state index in [1.165, 1.54) is 59.4 Å². The average Bonchev–Trinajstić information content (AvgIpc) is 3.33. The van der Waals surface area contributed by atoms with Crippen molar-refractivity contribution in [1.82, 2.24) is 0 Å². The molecular formula is C32H38Br2OS2. The fourth-order valence-electron chi connectivity index (χ4n) is 5.05. The summed E-state index contributed by atoms with van der Waals surface area (Å²) in [4.78, 5) is 2.49. The molecule has 2 aromatic heterocycles. The summed E-state index contributed by atoms with van der Waals surface area (Å²) in [5.41, 5.74) is 3.91. The first kappa shape index (κ1) is 28.9. The number of hydrogen-bond acceptors (Lipinski definition) is 3. The Bertz CT molecular complexity index is 1220. The number of halogens is 2. The van der Waals surface area contributed by atoms with E-state index in [1.807, 2.05) is 0 Å². The van der Waals surface area contributed by atoms with Crippen LogP contribution in [-0.2, 0) is 0 Å². The summed E-state index contributed by atoms with van der Waals surface area (Å²) in [6.07, 6.45) is 17.0. The highest BCUT2D eigenvalue weighted by atomic mass is 79.9. The van der Waals surface area contributed by atoms with Crippen molar-refractivity contribution in [2.75, 3.05) is 7.11 Å². The Hall–Kier alpha value is -1.14. The lowest BCUT2D eigenvalue weighted by atomic mass is 9.93. The number of ether oxygens (including phenoxy) is 1. The second-order valence-electron chi connectivity index (χ2n) is 10.8. The molecule has 3 aromatic rings. The van der Waals surface area contributed by atoms with Crippen LogP contribution in [-0.4, -0.2) is 7.11 Å². The predicted octanol–water partition coefficient (Wildman–Crippen LogP) is 12.0. The second kappa shape index (κ2) is 13.8. The first-order chi connectivity index (χ1) is 17.8. The molecule has 3 atom stereocenters. The number of hydrogen-bond donors (Lipinski definition) is 0. The van der Waals surface area contributed by atoms with Gasteiger partial charge in [-0.05, 0) is 134 Å². The highest BCUT2D eigenvalue weighted by Crippen LogP contribution is 2.53. The van der Waals surface area contributed by atoms with Crippen molar-refractivity contribution >= 4 is 78.8 Å². The summed E-state index contributed by atoms with van der Waals surface area (Å²) < 4.78 is 8.17. The molecule has 1 fully saturated rings. The minimum atomic E-state index is 0.645. The normalized spacial score (nSPS) is 18.4. The Morgan fingerprint density at radius 3 is 2.08 bits per heavy atom. The molecule has 1 aromatic carbocycles. The SMILES string of the molecule is COc1cc(/C=C/c2ccc(Br)s2)c(C2CC2CCC(C)CCCC(C)C)cc1/C=C/c1ccc(Br)s1. The van der Waals surface area contributed by atoms with Gasteiger partial charge in [0.15, 0.2) is 0 Å². The van der Waals surface area contributed by atoms with Crippen LogP contribution in [0.15, 0.2) is 44.0 Å². The van der Waals surface area contributed by atoms with Crippen LogP contribution >= 0.6 is 54.5 Å². The number of thiophene rings is 2. The Balaban J connectivity index is 1.52. The number of benzene rings is 1. The van der Waals surface area contributed by atoms with Gasteiger partial charge in [0.1, 0.15) is 5.75 Å². The molecular weight excluding hydrogens is 624 g/mol. The van der Waals surface area contributed by atoms with Crippen molar-refractivity contribution < 1.29 is 4.74 Å². The zero-order valence-electron chi connectivity index (χ0n) is 22.3. The van der Waals surface area contributed by atoms with E-state index < -0.39 is 0 Å². The molecule has 37 heavy (non-hydrogen) atoms. The number of methoxy groups -OCH3 is 1. The molecule has 4 rings (SSSR count). The molecule has 1 saturated carbocycles. The molecule has 2 heterocycles. The molecule has 0 amide bonds. The fourth-order valence-corrected chi connectivity index (χ4v) is 7.70. The van der Waals surface area contributed by atoms with Crippen LogP contribution in [0, 0.1) is 17.8 Å². The van der Waals surface area contributed by atoms with Crippen molar-refractivity contribution in [3.63, 3.8) is 0 Å². The first-order valence-electron chi connectivity index (χ1n) is 13.4. The molecule has 0 radical (unpaired) electrons. The van der Waals surface area contributed by atoms with Crippen molar-refractivity contribution in [3.8, 4) is 5.75 Å². The fraction of sp³-hybridized carbons (Fsp3) is 0.438. The lowest BCUT2D eigenvalue weighted by molar-refractivity contribution is 0.413. The molecule has 5 heteroatoms. The number of rotatable bonds is 13. The Morgan fingerprint density at radius 1 is 0.865 bits per heavy atom. The van der Waals surface area contributed by atoms with E-state index in [4.69, 9.17) is 4.74 Å². The zero-order chi connectivity index (χ0) is 26.4. The van der Waals surface area contributed by atoms with Crippen molar-refractivity contribution in [2.24, 2.45) is 17.8 Å². The molecule has 1 nitrogen and oxygen atoms in total. The average molecular weight is 663 g/mol. The monoisotopic (exact) mass is 660 g/mol. The van der Waals surface area contributed by atoms with Gasteiger partial charge >= 0.3 is 0 Å². The van der Waals surface area contributed by atoms with Crippen LogP contribution in [0.4, 0.5) is 0 Å². The van der Waals surface area contributed by atoms with E-state index in [2.05, 4.69) is 113 Å². The van der Waals surface area contributed by atoms with E-state index in [0.29, 0.717) is 5.92 Å². The summed E-state index contributed by atoms with van der Waals surface area (Å²) in [6, 6.07) is 13.2. The van der Waals surface area contributed by atoms with Gasteiger partial charge in [0.05, 0.1) is 14.7 Å². The van der Waals surface area contributed by atoms with Crippen molar-refractivity contribution in [3.05, 3.63) is 70.4 Å². The van der Waals surface area contributed by atoms with Gasteiger partial charge in [-0.1, -0.05) is 52.5 Å². The summed E-state index contributed by atoms with van der Waals surface area (Å²) in [5, 5.41) is 0. The summed E-state index contributed by atoms with van der Waals surface area (Å²) in [6.45, 7) is 7.12. The molecule has 1 aliphatic rings. The molecule has 0 bridgehead atoms. The Morgan fingerprint density at radius 2 is 1.51 bits per heavy atom. The maximum atomic E-state index is 5.86. The van der Waals surface area contributed by atoms with Gasteiger partial charge in [-0.2, -0.15) is 0 Å². The van der Waals surface area contributed by atoms with Crippen LogP contribution in [0.5, 0.6) is 5.75 Å². The first-order valence-corrected chi connectivity index (χ1v) is 16.6. The van der Waals surface area contributed by atoms with Crippen LogP contribution in [0.25, 0.3) is 24.3 Å². The van der Waals surface area contributed by atoms with Gasteiger partial charge in [-0.3, -0.25) is 0 Å². The lowest BCUT2D eigenvalue weighted by Crippen LogP contribution is -1.99. The van der Waals surface area contributed by atoms with E-state index in [0.717, 1.165) is 36.6 Å². The van der Waals surface area contributed by atoms with E-state index >= 15 is 0 Å². The largest absolute Gasteiger partial charge is 0.496 e. The molecule has 198 valence electrons. The van der Waals surface area contributed by atoms with E-state index in [-0.39, 0.29) is 0 Å². The standard InChI is InChI=1S/C32H38Br2OS2/c1-21(2)6-5-7-22(3)8-9-23-18-28(23)29-19-25(11-13-27-15-17-32(34)37-27)30(35-4)20-24(29)10-12-26-14-16-31(33)36-26/h10-17,19-23,28H,5-9,18H2,1-4H3/b12-10+,13-11+. The van der Waals surface area contributed by atoms with Crippen molar-refractivity contribution in [1.29, 1.82) is 0 Å². The minimum absolute atomic E-state index is 0.645. The minimum Gasteiger partial charge on any atom is -0.496 e. The van der Waals surface area contributed by atoms with Crippen LogP contribution < -0.4 is 4.74 Å². The van der Waals surface area contributed by atoms with Gasteiger partial charge < -0.3 is 4.74 Å². The van der Waals surface area contributed by atoms with E-state index in [9.17, 15) is 0 Å². The molecule has 3 unspecified atom stereocenters. The third-order valence-corrected chi connectivity index (χ3v) is 10.5. The lowest BCUT2D eigenvalue weighted by Gasteiger charge is -2.14. The summed E-state index contributed by atoms with van der Waals surface area (Å²) >= 11 is 10.7. The Labute approximate surface area is 248 Å². The second-order valence-corrected chi connectivity index (χ2v) is 15.8. The topological polar surface area (TPSA) is 9.23 Å². The highest BCUT2D eigenvalue weighted by Gasteiger charge is 2.39. The van der Waals surface area contributed by atoms with Gasteiger partial charge in [-0.25, -0.2) is 0 Å². The van der Waals surface area contributed by atoms with Crippen LogP contribution in [0.1, 0.15) is 91.7 Å². The van der Waals surface area contributed by atoms with Gasteiger partial charge in [0.2, 0.25) is 0 Å². The third-order valence-electron chi connectivity index (χ3n) is 7.31. The smallest absolute Gasteiger partial charge is 0.126 e. The van der Waals surface area contributed by atoms with Crippen LogP contribution in [0.2, 0.25) is 0 Å². The molecule has 0 spiro atoms. The molecule has 0 saturated heterocycles. The molecule has 0 N–H and O–H groups in total. The van der Waals surface area contributed by atoms with Crippen molar-refractivity contribution in [2.45, 2.75) is 65.2 Å². The van der Waals surface area contributed by atoms with Crippen LogP contribution in [0.3, 0.4) is 0 Å². The molecule has 0 aliphatic heterocycles. The predicted molar refractivity (Wildman–Crippen MR) is 173 cm³/mol. The highest BCUT2D eigenvalue weighted by molar-refractivity contribution is 9.11. The van der Waals surface area contributed by atoms with Gasteiger partial charge in [-0.15, -0.1) is 22.7 Å². The zero-order valence-corrected chi connectivity index (χ0v) is 27.1. The summed E-state index contributed by atoms with van der Waals surface area (Å²) in [5.74, 6) is 4.02. The quantitative estimate of drug-likeness (QED) is 0.177. The maximum Gasteiger partial charge on any atom is 0.126 e. The summed E-state index contributed by atoms with van der Waals surface area (Å²) in [7, 11) is 1.78. The van der Waals surface area contributed by atoms with Gasteiger partial charge in [0, 0.05) is 15.3 Å². The maximum absolute atomic E-state index is 5.86. The Kier molecular flexibility index (Phi) is 10.7. The molecule has 1 aliphatic carbocycles.